The Labute approximate surface area is 110 Å². The zero-order chi connectivity index (χ0) is 14.3. The molecular weight excluding hydrogens is 252 g/mol. The van der Waals surface area contributed by atoms with Crippen molar-refractivity contribution in [3.8, 4) is 0 Å². The molecule has 0 spiro atoms. The van der Waals surface area contributed by atoms with Crippen molar-refractivity contribution in [3.05, 3.63) is 12.4 Å². The second kappa shape index (κ2) is 7.37. The Bertz CT molecular complexity index is 432. The number of carbonyl (C=O) groups excluding carboxylic acids is 1. The van der Waals surface area contributed by atoms with E-state index >= 15 is 0 Å². The molecule has 0 saturated heterocycles. The van der Waals surface area contributed by atoms with E-state index in [1.54, 1.807) is 10.9 Å². The summed E-state index contributed by atoms with van der Waals surface area (Å²) in [5.41, 5.74) is 0.509. The number of hydrogen-bond acceptors (Lipinski definition) is 4. The first-order valence-corrected chi connectivity index (χ1v) is 5.88. The highest BCUT2D eigenvalue weighted by molar-refractivity contribution is 5.91. The summed E-state index contributed by atoms with van der Waals surface area (Å²) in [5, 5.41) is 17.8. The Morgan fingerprint density at radius 3 is 2.84 bits per heavy atom. The summed E-state index contributed by atoms with van der Waals surface area (Å²) >= 11 is 0. The largest absolute Gasteiger partial charge is 0.480 e. The molecule has 1 atom stereocenters. The molecule has 8 nitrogen and oxygen atoms in total. The molecule has 1 heterocycles. The lowest BCUT2D eigenvalue weighted by molar-refractivity contribution is -0.139. The molecule has 8 heteroatoms. The first-order valence-electron chi connectivity index (χ1n) is 5.88. The van der Waals surface area contributed by atoms with E-state index in [1.165, 1.54) is 13.3 Å². The van der Waals surface area contributed by atoms with E-state index in [4.69, 9.17) is 9.84 Å². The summed E-state index contributed by atoms with van der Waals surface area (Å²) in [7, 11) is 1.47. The zero-order valence-electron chi connectivity index (χ0n) is 10.9. The van der Waals surface area contributed by atoms with E-state index < -0.39 is 18.0 Å². The number of carbonyl (C=O) groups is 2. The van der Waals surface area contributed by atoms with Gasteiger partial charge in [0, 0.05) is 32.9 Å². The van der Waals surface area contributed by atoms with Gasteiger partial charge in [-0.1, -0.05) is 0 Å². The highest BCUT2D eigenvalue weighted by Gasteiger charge is 2.19. The van der Waals surface area contributed by atoms with Crippen molar-refractivity contribution in [1.29, 1.82) is 0 Å². The number of aliphatic carboxylic acids is 1. The first kappa shape index (κ1) is 15.0. The van der Waals surface area contributed by atoms with E-state index in [0.29, 0.717) is 12.2 Å². The third kappa shape index (κ3) is 4.96. The third-order valence-electron chi connectivity index (χ3n) is 2.43. The van der Waals surface area contributed by atoms with Crippen LogP contribution in [0.15, 0.2) is 12.4 Å². The number of nitrogens with zero attached hydrogens (tertiary/aromatic N) is 2. The lowest BCUT2D eigenvalue weighted by atomic mass is 10.2. The van der Waals surface area contributed by atoms with Crippen LogP contribution in [-0.4, -0.2) is 46.6 Å². The van der Waals surface area contributed by atoms with Gasteiger partial charge in [-0.2, -0.15) is 5.10 Å². The van der Waals surface area contributed by atoms with E-state index in [0.717, 1.165) is 0 Å². The van der Waals surface area contributed by atoms with Crippen LogP contribution < -0.4 is 10.6 Å². The van der Waals surface area contributed by atoms with Crippen molar-refractivity contribution in [2.75, 3.05) is 19.0 Å². The average Bonchev–Trinajstić information content (AvgIpc) is 2.81. The topological polar surface area (TPSA) is 105 Å². The van der Waals surface area contributed by atoms with Crippen molar-refractivity contribution < 1.29 is 19.4 Å². The Morgan fingerprint density at radius 1 is 1.58 bits per heavy atom. The maximum Gasteiger partial charge on any atom is 0.326 e. The quantitative estimate of drug-likeness (QED) is 0.669. The minimum Gasteiger partial charge on any atom is -0.480 e. The molecule has 0 bridgehead atoms. The molecular formula is C11H18N4O4. The fraction of sp³-hybridized carbons (Fsp3) is 0.545. The number of methoxy groups -OCH3 is 1. The molecule has 0 radical (unpaired) electrons. The number of aromatic nitrogens is 2. The van der Waals surface area contributed by atoms with Crippen LogP contribution in [0.25, 0.3) is 0 Å². The number of hydrogen-bond donors (Lipinski definition) is 3. The fourth-order valence-electron chi connectivity index (χ4n) is 1.42. The Kier molecular flexibility index (Phi) is 5.80. The second-order valence-corrected chi connectivity index (χ2v) is 3.86. The van der Waals surface area contributed by atoms with Crippen LogP contribution in [-0.2, 0) is 16.1 Å². The number of ether oxygens (including phenoxy) is 1. The summed E-state index contributed by atoms with van der Waals surface area (Å²) in [6.45, 7) is 2.86. The molecule has 106 valence electrons. The van der Waals surface area contributed by atoms with Crippen LogP contribution in [0.1, 0.15) is 13.3 Å². The third-order valence-corrected chi connectivity index (χ3v) is 2.43. The lowest BCUT2D eigenvalue weighted by Gasteiger charge is -2.14. The summed E-state index contributed by atoms with van der Waals surface area (Å²) < 4.78 is 6.44. The molecule has 0 aliphatic heterocycles. The van der Waals surface area contributed by atoms with Gasteiger partial charge in [-0.15, -0.1) is 0 Å². The van der Waals surface area contributed by atoms with Crippen molar-refractivity contribution >= 4 is 17.7 Å². The van der Waals surface area contributed by atoms with Crippen LogP contribution in [0.4, 0.5) is 10.5 Å². The SMILES string of the molecule is CCn1cc(NC(=O)NC(CCOC)C(=O)O)cn1. The van der Waals surface area contributed by atoms with Crippen LogP contribution in [0.3, 0.4) is 0 Å². The van der Waals surface area contributed by atoms with E-state index in [1.807, 2.05) is 6.92 Å². The molecule has 1 rings (SSSR count). The van der Waals surface area contributed by atoms with Gasteiger partial charge in [0.25, 0.3) is 0 Å². The highest BCUT2D eigenvalue weighted by Crippen LogP contribution is 2.04. The molecule has 0 saturated carbocycles. The van der Waals surface area contributed by atoms with Crippen molar-refractivity contribution in [1.82, 2.24) is 15.1 Å². The zero-order valence-corrected chi connectivity index (χ0v) is 10.9. The fourth-order valence-corrected chi connectivity index (χ4v) is 1.42. The molecule has 2 amide bonds. The van der Waals surface area contributed by atoms with E-state index in [-0.39, 0.29) is 13.0 Å². The average molecular weight is 270 g/mol. The predicted octanol–water partition coefficient (Wildman–Crippen LogP) is 0.514. The number of carboxylic acid groups (broad SMARTS) is 1. The Hall–Kier alpha value is -2.09. The number of anilines is 1. The van der Waals surface area contributed by atoms with Gasteiger partial charge in [-0.05, 0) is 6.92 Å². The van der Waals surface area contributed by atoms with Gasteiger partial charge in [0.15, 0.2) is 0 Å². The molecule has 19 heavy (non-hydrogen) atoms. The number of nitrogens with one attached hydrogen (secondary N) is 2. The molecule has 0 aromatic carbocycles. The number of rotatable bonds is 7. The van der Waals surface area contributed by atoms with Crippen LogP contribution >= 0.6 is 0 Å². The molecule has 1 unspecified atom stereocenters. The van der Waals surface area contributed by atoms with Gasteiger partial charge in [-0.3, -0.25) is 4.68 Å². The monoisotopic (exact) mass is 270 g/mol. The molecule has 0 aliphatic rings. The first-order chi connectivity index (χ1) is 9.06. The normalized spacial score (nSPS) is 11.9. The molecule has 1 aromatic rings. The van der Waals surface area contributed by atoms with Crippen molar-refractivity contribution in [3.63, 3.8) is 0 Å². The van der Waals surface area contributed by atoms with Gasteiger partial charge in [0.2, 0.25) is 0 Å². The molecule has 1 aromatic heterocycles. The Balaban J connectivity index is 2.49. The summed E-state index contributed by atoms with van der Waals surface area (Å²) in [6, 6.07) is -1.57. The predicted molar refractivity (Wildman–Crippen MR) is 68.0 cm³/mol. The summed E-state index contributed by atoms with van der Waals surface area (Å²) in [5.74, 6) is -1.10. The second-order valence-electron chi connectivity index (χ2n) is 3.86. The molecule has 0 fully saturated rings. The standard InChI is InChI=1S/C11H18N4O4/c1-3-15-7-8(6-12-15)13-11(18)14-9(10(16)17)4-5-19-2/h6-7,9H,3-5H2,1-2H3,(H,16,17)(H2,13,14,18). The van der Waals surface area contributed by atoms with Gasteiger partial charge < -0.3 is 20.5 Å². The van der Waals surface area contributed by atoms with Crippen LogP contribution in [0, 0.1) is 0 Å². The van der Waals surface area contributed by atoms with E-state index in [2.05, 4.69) is 15.7 Å². The summed E-state index contributed by atoms with van der Waals surface area (Å²) in [6.07, 6.45) is 3.35. The van der Waals surface area contributed by atoms with Gasteiger partial charge >= 0.3 is 12.0 Å². The maximum atomic E-state index is 11.6. The number of urea groups is 1. The van der Waals surface area contributed by atoms with E-state index in [9.17, 15) is 9.59 Å². The number of amides is 2. The van der Waals surface area contributed by atoms with Crippen LogP contribution in [0.5, 0.6) is 0 Å². The number of carboxylic acids is 1. The molecule has 3 N–H and O–H groups in total. The van der Waals surface area contributed by atoms with Crippen molar-refractivity contribution in [2.45, 2.75) is 25.9 Å². The number of aryl methyl sites for hydroxylation is 1. The van der Waals surface area contributed by atoms with Gasteiger partial charge in [0.1, 0.15) is 6.04 Å². The summed E-state index contributed by atoms with van der Waals surface area (Å²) in [4.78, 5) is 22.6. The van der Waals surface area contributed by atoms with Crippen LogP contribution in [0.2, 0.25) is 0 Å². The minimum absolute atomic E-state index is 0.202. The van der Waals surface area contributed by atoms with Gasteiger partial charge in [-0.25, -0.2) is 9.59 Å². The highest BCUT2D eigenvalue weighted by atomic mass is 16.5. The lowest BCUT2D eigenvalue weighted by Crippen LogP contribution is -2.43. The van der Waals surface area contributed by atoms with Crippen molar-refractivity contribution in [2.24, 2.45) is 0 Å². The Morgan fingerprint density at radius 2 is 2.32 bits per heavy atom. The van der Waals surface area contributed by atoms with Gasteiger partial charge in [0.05, 0.1) is 11.9 Å². The smallest absolute Gasteiger partial charge is 0.326 e. The molecule has 0 aliphatic carbocycles. The maximum absolute atomic E-state index is 11.6. The minimum atomic E-state index is -1.10.